The molecular formula is C12H19F3N2O3S. The Morgan fingerprint density at radius 1 is 1.43 bits per heavy atom. The molecule has 1 saturated heterocycles. The molecule has 0 spiro atoms. The van der Waals surface area contributed by atoms with E-state index in [4.69, 9.17) is 0 Å². The number of carboxylic acids is 1. The molecule has 2 atom stereocenters. The number of hydrogen-bond acceptors (Lipinski definition) is 3. The normalized spacial score (nSPS) is 22.7. The van der Waals surface area contributed by atoms with Crippen LogP contribution in [0.5, 0.6) is 0 Å². The summed E-state index contributed by atoms with van der Waals surface area (Å²) in [4.78, 5) is 25.3. The van der Waals surface area contributed by atoms with Crippen molar-refractivity contribution in [2.75, 3.05) is 18.8 Å². The Balaban J connectivity index is 2.99. The number of rotatable bonds is 4. The highest BCUT2D eigenvalue weighted by molar-refractivity contribution is 8.00. The van der Waals surface area contributed by atoms with Crippen LogP contribution in [0.25, 0.3) is 0 Å². The quantitative estimate of drug-likeness (QED) is 0.861. The Hall–Kier alpha value is -1.12. The Kier molecular flexibility index (Phi) is 5.77. The summed E-state index contributed by atoms with van der Waals surface area (Å²) < 4.78 is 37.6. The van der Waals surface area contributed by atoms with E-state index in [0.29, 0.717) is 4.90 Å². The lowest BCUT2D eigenvalue weighted by Crippen LogP contribution is -2.54. The number of aliphatic carboxylic acids is 1. The van der Waals surface area contributed by atoms with Gasteiger partial charge in [0.15, 0.2) is 0 Å². The molecule has 2 amide bonds. The topological polar surface area (TPSA) is 60.9 Å². The third kappa shape index (κ3) is 4.42. The average molecular weight is 328 g/mol. The number of thioether (sulfide) groups is 1. The van der Waals surface area contributed by atoms with Crippen molar-refractivity contribution >= 4 is 23.8 Å². The van der Waals surface area contributed by atoms with E-state index in [0.717, 1.165) is 4.90 Å². The summed E-state index contributed by atoms with van der Waals surface area (Å²) >= 11 is 1.29. The zero-order valence-corrected chi connectivity index (χ0v) is 12.9. The van der Waals surface area contributed by atoms with E-state index in [9.17, 15) is 27.9 Å². The number of urea groups is 1. The molecule has 0 saturated carbocycles. The molecule has 2 unspecified atom stereocenters. The molecule has 1 aliphatic rings. The Morgan fingerprint density at radius 3 is 2.38 bits per heavy atom. The first-order chi connectivity index (χ1) is 9.58. The van der Waals surface area contributed by atoms with Gasteiger partial charge >= 0.3 is 18.2 Å². The zero-order valence-electron chi connectivity index (χ0n) is 12.1. The van der Waals surface area contributed by atoms with E-state index in [1.165, 1.54) is 18.7 Å². The van der Waals surface area contributed by atoms with Crippen LogP contribution in [0.4, 0.5) is 18.0 Å². The predicted octanol–water partition coefficient (Wildman–Crippen LogP) is 2.47. The van der Waals surface area contributed by atoms with Crippen LogP contribution in [0.3, 0.4) is 0 Å². The molecule has 1 fully saturated rings. The van der Waals surface area contributed by atoms with Crippen molar-refractivity contribution < 1.29 is 27.9 Å². The van der Waals surface area contributed by atoms with Crippen LogP contribution in [0.15, 0.2) is 0 Å². The van der Waals surface area contributed by atoms with E-state index in [-0.39, 0.29) is 18.2 Å². The highest BCUT2D eigenvalue weighted by Crippen LogP contribution is 2.35. The molecule has 0 aromatic rings. The Morgan fingerprint density at radius 2 is 2.00 bits per heavy atom. The molecule has 0 bridgehead atoms. The van der Waals surface area contributed by atoms with Gasteiger partial charge in [-0.15, -0.1) is 11.8 Å². The number of halogens is 3. The number of alkyl halides is 3. The minimum absolute atomic E-state index is 0.0482. The van der Waals surface area contributed by atoms with Crippen LogP contribution in [0, 0.1) is 5.92 Å². The number of hydrogen-bond donors (Lipinski definition) is 1. The molecule has 5 nitrogen and oxygen atoms in total. The summed E-state index contributed by atoms with van der Waals surface area (Å²) in [7, 11) is 0. The van der Waals surface area contributed by atoms with Gasteiger partial charge in [-0.25, -0.2) is 9.59 Å². The van der Waals surface area contributed by atoms with Crippen molar-refractivity contribution in [2.45, 2.75) is 38.4 Å². The molecule has 1 aliphatic heterocycles. The SMILES string of the molecule is CCN(CC(F)(F)F)C(=O)N1C(C(=O)O)CSC1C(C)C. The predicted molar refractivity (Wildman–Crippen MR) is 73.0 cm³/mol. The molecule has 0 aromatic heterocycles. The van der Waals surface area contributed by atoms with Crippen LogP contribution in [-0.4, -0.2) is 63.3 Å². The van der Waals surface area contributed by atoms with Gasteiger partial charge in [-0.2, -0.15) is 13.2 Å². The van der Waals surface area contributed by atoms with Gasteiger partial charge in [0.05, 0.1) is 5.37 Å². The fourth-order valence-electron chi connectivity index (χ4n) is 2.17. The van der Waals surface area contributed by atoms with E-state index in [1.54, 1.807) is 0 Å². The first-order valence-corrected chi connectivity index (χ1v) is 7.61. The second-order valence-corrected chi connectivity index (χ2v) is 6.29. The van der Waals surface area contributed by atoms with Crippen LogP contribution in [0.2, 0.25) is 0 Å². The highest BCUT2D eigenvalue weighted by Gasteiger charge is 2.45. The summed E-state index contributed by atoms with van der Waals surface area (Å²) in [6, 6.07) is -1.96. The van der Waals surface area contributed by atoms with Gasteiger partial charge in [0.1, 0.15) is 12.6 Å². The molecule has 0 radical (unpaired) electrons. The van der Waals surface area contributed by atoms with E-state index in [2.05, 4.69) is 0 Å². The van der Waals surface area contributed by atoms with Gasteiger partial charge in [0.25, 0.3) is 0 Å². The Labute approximate surface area is 125 Å². The van der Waals surface area contributed by atoms with Crippen molar-refractivity contribution in [2.24, 2.45) is 5.92 Å². The molecule has 1 heterocycles. The number of carboxylic acid groups (broad SMARTS) is 1. The van der Waals surface area contributed by atoms with Crippen molar-refractivity contribution in [1.29, 1.82) is 0 Å². The van der Waals surface area contributed by atoms with Crippen LogP contribution < -0.4 is 0 Å². The van der Waals surface area contributed by atoms with Gasteiger partial charge in [-0.1, -0.05) is 13.8 Å². The maximum absolute atomic E-state index is 12.5. The lowest BCUT2D eigenvalue weighted by atomic mass is 10.1. The lowest BCUT2D eigenvalue weighted by molar-refractivity contribution is -0.144. The van der Waals surface area contributed by atoms with E-state index >= 15 is 0 Å². The summed E-state index contributed by atoms with van der Waals surface area (Å²) in [5, 5.41) is 8.74. The number of amides is 2. The molecule has 9 heteroatoms. The summed E-state index contributed by atoms with van der Waals surface area (Å²) in [6.45, 7) is 3.55. The lowest BCUT2D eigenvalue weighted by Gasteiger charge is -2.34. The maximum atomic E-state index is 12.5. The Bertz CT molecular complexity index is 404. The van der Waals surface area contributed by atoms with Gasteiger partial charge < -0.3 is 10.0 Å². The average Bonchev–Trinajstić information content (AvgIpc) is 2.78. The van der Waals surface area contributed by atoms with Crippen molar-refractivity contribution in [3.63, 3.8) is 0 Å². The standard InChI is InChI=1S/C12H19F3N2O3S/c1-4-16(6-12(13,14)15)11(20)17-8(10(18)19)5-21-9(17)7(2)3/h7-9H,4-6H2,1-3H3,(H,18,19). The molecule has 1 rings (SSSR count). The van der Waals surface area contributed by atoms with Crippen LogP contribution in [0.1, 0.15) is 20.8 Å². The van der Waals surface area contributed by atoms with Crippen molar-refractivity contribution in [3.05, 3.63) is 0 Å². The molecule has 122 valence electrons. The fraction of sp³-hybridized carbons (Fsp3) is 0.833. The van der Waals surface area contributed by atoms with Crippen LogP contribution >= 0.6 is 11.8 Å². The minimum Gasteiger partial charge on any atom is -0.480 e. The van der Waals surface area contributed by atoms with Crippen LogP contribution in [-0.2, 0) is 4.79 Å². The van der Waals surface area contributed by atoms with Gasteiger partial charge in [0.2, 0.25) is 0 Å². The minimum atomic E-state index is -4.51. The van der Waals surface area contributed by atoms with Gasteiger partial charge in [-0.05, 0) is 12.8 Å². The highest BCUT2D eigenvalue weighted by atomic mass is 32.2. The van der Waals surface area contributed by atoms with E-state index < -0.39 is 36.1 Å². The second kappa shape index (κ2) is 6.76. The smallest absolute Gasteiger partial charge is 0.406 e. The first-order valence-electron chi connectivity index (χ1n) is 6.56. The number of carbonyl (C=O) groups excluding carboxylic acids is 1. The maximum Gasteiger partial charge on any atom is 0.406 e. The molecule has 1 N–H and O–H groups in total. The second-order valence-electron chi connectivity index (χ2n) is 5.14. The van der Waals surface area contributed by atoms with E-state index in [1.807, 2.05) is 13.8 Å². The third-order valence-electron chi connectivity index (χ3n) is 3.13. The first kappa shape index (κ1) is 17.9. The summed E-state index contributed by atoms with van der Waals surface area (Å²) in [5.74, 6) is -1.05. The number of carbonyl (C=O) groups is 2. The molecule has 0 aliphatic carbocycles. The largest absolute Gasteiger partial charge is 0.480 e. The summed E-state index contributed by atoms with van der Waals surface area (Å²) in [5.41, 5.74) is 0. The zero-order chi connectivity index (χ0) is 16.4. The summed E-state index contributed by atoms with van der Waals surface area (Å²) in [6.07, 6.45) is -4.51. The van der Waals surface area contributed by atoms with Gasteiger partial charge in [-0.3, -0.25) is 4.90 Å². The third-order valence-corrected chi connectivity index (χ3v) is 4.75. The number of nitrogens with zero attached hydrogens (tertiary/aromatic N) is 2. The molecule has 21 heavy (non-hydrogen) atoms. The monoisotopic (exact) mass is 328 g/mol. The molecule has 0 aromatic carbocycles. The van der Waals surface area contributed by atoms with Crippen molar-refractivity contribution in [3.8, 4) is 0 Å². The van der Waals surface area contributed by atoms with Gasteiger partial charge in [0, 0.05) is 12.3 Å². The van der Waals surface area contributed by atoms with Crippen molar-refractivity contribution in [1.82, 2.24) is 9.80 Å². The molecular weight excluding hydrogens is 309 g/mol. The fourth-order valence-corrected chi connectivity index (χ4v) is 3.63.